The highest BCUT2D eigenvalue weighted by atomic mass is 32.2. The van der Waals surface area contributed by atoms with Crippen molar-refractivity contribution in [2.45, 2.75) is 0 Å². The van der Waals surface area contributed by atoms with Crippen LogP contribution in [0.25, 0.3) is 0 Å². The molecule has 0 bridgehead atoms. The number of aryl methyl sites for hydroxylation is 1. The smallest absolute Gasteiger partial charge is 0.274 e. The van der Waals surface area contributed by atoms with E-state index in [1.54, 1.807) is 28.9 Å². The number of hydrogen-bond donors (Lipinski definition) is 0. The lowest BCUT2D eigenvalue weighted by atomic mass is 10.4. The molecular formula is C8H11N3OS. The first kappa shape index (κ1) is 8.62. The summed E-state index contributed by atoms with van der Waals surface area (Å²) in [6, 6.07) is 0. The number of carbonyl (C=O) groups excluding carboxylic acids is 1. The van der Waals surface area contributed by atoms with E-state index in [9.17, 15) is 4.79 Å². The predicted molar refractivity (Wildman–Crippen MR) is 51.6 cm³/mol. The van der Waals surface area contributed by atoms with Crippen molar-refractivity contribution < 1.29 is 4.79 Å². The molecule has 0 atom stereocenters. The van der Waals surface area contributed by atoms with Crippen LogP contribution >= 0.6 is 11.8 Å². The number of aromatic nitrogens is 2. The third-order valence-electron chi connectivity index (χ3n) is 1.96. The van der Waals surface area contributed by atoms with Gasteiger partial charge in [-0.2, -0.15) is 0 Å². The molecule has 1 amide bonds. The van der Waals surface area contributed by atoms with Gasteiger partial charge in [-0.15, -0.1) is 11.8 Å². The van der Waals surface area contributed by atoms with Crippen molar-refractivity contribution >= 4 is 17.7 Å². The van der Waals surface area contributed by atoms with Crippen molar-refractivity contribution in [3.63, 3.8) is 0 Å². The fourth-order valence-electron chi connectivity index (χ4n) is 1.26. The molecule has 4 nitrogen and oxygen atoms in total. The van der Waals surface area contributed by atoms with Crippen LogP contribution in [0, 0.1) is 0 Å². The van der Waals surface area contributed by atoms with Gasteiger partial charge in [-0.3, -0.25) is 4.79 Å². The molecule has 1 aliphatic rings. The summed E-state index contributed by atoms with van der Waals surface area (Å²) in [6.45, 7) is 0.847. The minimum atomic E-state index is 0.0469. The maximum atomic E-state index is 11.7. The zero-order valence-electron chi connectivity index (χ0n) is 7.43. The number of hydrogen-bond acceptors (Lipinski definition) is 3. The van der Waals surface area contributed by atoms with Crippen LogP contribution in [0.5, 0.6) is 0 Å². The van der Waals surface area contributed by atoms with Gasteiger partial charge in [0.05, 0.1) is 12.2 Å². The highest BCUT2D eigenvalue weighted by Crippen LogP contribution is 2.15. The Morgan fingerprint density at radius 2 is 2.54 bits per heavy atom. The van der Waals surface area contributed by atoms with Crippen LogP contribution in [0.4, 0.5) is 0 Å². The summed E-state index contributed by atoms with van der Waals surface area (Å²) in [5, 5.41) is 0. The average Bonchev–Trinajstić information content (AvgIpc) is 2.72. The van der Waals surface area contributed by atoms with Gasteiger partial charge in [0.25, 0.3) is 5.91 Å². The molecule has 0 aliphatic carbocycles. The van der Waals surface area contributed by atoms with E-state index in [4.69, 9.17) is 0 Å². The maximum Gasteiger partial charge on any atom is 0.274 e. The van der Waals surface area contributed by atoms with E-state index < -0.39 is 0 Å². The molecule has 13 heavy (non-hydrogen) atoms. The molecule has 0 radical (unpaired) electrons. The molecule has 0 spiro atoms. The molecule has 1 fully saturated rings. The highest BCUT2D eigenvalue weighted by Gasteiger charge is 2.21. The number of amides is 1. The zero-order chi connectivity index (χ0) is 9.26. The van der Waals surface area contributed by atoms with Gasteiger partial charge >= 0.3 is 0 Å². The number of rotatable bonds is 1. The molecule has 0 N–H and O–H groups in total. The largest absolute Gasteiger partial charge is 0.340 e. The van der Waals surface area contributed by atoms with Crippen LogP contribution in [0.15, 0.2) is 12.5 Å². The Hall–Kier alpha value is -0.970. The van der Waals surface area contributed by atoms with Gasteiger partial charge in [0.2, 0.25) is 0 Å². The quantitative estimate of drug-likeness (QED) is 0.660. The summed E-state index contributed by atoms with van der Waals surface area (Å²) in [5.41, 5.74) is 0.546. The second-order valence-corrected chi connectivity index (χ2v) is 4.11. The third kappa shape index (κ3) is 1.70. The Bertz CT molecular complexity index is 317. The van der Waals surface area contributed by atoms with Gasteiger partial charge in [0, 0.05) is 25.5 Å². The first-order chi connectivity index (χ1) is 6.27. The van der Waals surface area contributed by atoms with E-state index in [0.29, 0.717) is 5.69 Å². The number of nitrogens with zero attached hydrogens (tertiary/aromatic N) is 3. The van der Waals surface area contributed by atoms with E-state index in [1.807, 2.05) is 11.9 Å². The van der Waals surface area contributed by atoms with Crippen LogP contribution in [-0.2, 0) is 7.05 Å². The van der Waals surface area contributed by atoms with Crippen molar-refractivity contribution in [1.82, 2.24) is 14.5 Å². The summed E-state index contributed by atoms with van der Waals surface area (Å²) in [5.74, 6) is 1.89. The normalized spacial score (nSPS) is 16.5. The average molecular weight is 197 g/mol. The van der Waals surface area contributed by atoms with E-state index >= 15 is 0 Å². The van der Waals surface area contributed by atoms with Crippen molar-refractivity contribution in [3.05, 3.63) is 18.2 Å². The van der Waals surface area contributed by atoms with E-state index in [2.05, 4.69) is 4.98 Å². The summed E-state index contributed by atoms with van der Waals surface area (Å²) in [6.07, 6.45) is 3.40. The lowest BCUT2D eigenvalue weighted by molar-refractivity contribution is 0.0797. The molecule has 1 saturated heterocycles. The Balaban J connectivity index is 2.12. The Morgan fingerprint density at radius 1 is 1.69 bits per heavy atom. The first-order valence-corrected chi connectivity index (χ1v) is 5.28. The summed E-state index contributed by atoms with van der Waals surface area (Å²) in [7, 11) is 1.86. The number of carbonyl (C=O) groups is 1. The lowest BCUT2D eigenvalue weighted by Crippen LogP contribution is -2.28. The second-order valence-electron chi connectivity index (χ2n) is 3.03. The molecule has 2 rings (SSSR count). The van der Waals surface area contributed by atoms with Gasteiger partial charge in [-0.05, 0) is 0 Å². The number of imidazole rings is 1. The zero-order valence-corrected chi connectivity index (χ0v) is 8.25. The van der Waals surface area contributed by atoms with Gasteiger partial charge in [0.15, 0.2) is 0 Å². The molecule has 0 saturated carbocycles. The van der Waals surface area contributed by atoms with Crippen LogP contribution < -0.4 is 0 Å². The standard InChI is InChI=1S/C8H11N3OS/c1-10-4-7(9-5-10)8(12)11-2-3-13-6-11/h4-5H,2-3,6H2,1H3. The van der Waals surface area contributed by atoms with E-state index in [-0.39, 0.29) is 5.91 Å². The van der Waals surface area contributed by atoms with Gasteiger partial charge in [-0.1, -0.05) is 0 Å². The molecule has 1 aromatic heterocycles. The molecule has 1 aliphatic heterocycles. The molecule has 0 unspecified atom stereocenters. The molecule has 5 heteroatoms. The molecule has 70 valence electrons. The molecule has 0 aromatic carbocycles. The monoisotopic (exact) mass is 197 g/mol. The minimum Gasteiger partial charge on any atom is -0.340 e. The van der Waals surface area contributed by atoms with Crippen molar-refractivity contribution in [2.75, 3.05) is 18.2 Å². The summed E-state index contributed by atoms with van der Waals surface area (Å²) in [4.78, 5) is 17.5. The Kier molecular flexibility index (Phi) is 2.26. The first-order valence-electron chi connectivity index (χ1n) is 4.12. The molecule has 2 heterocycles. The molecule has 1 aromatic rings. The van der Waals surface area contributed by atoms with Crippen molar-refractivity contribution in [3.8, 4) is 0 Å². The third-order valence-corrected chi connectivity index (χ3v) is 2.93. The van der Waals surface area contributed by atoms with Crippen LogP contribution in [0.2, 0.25) is 0 Å². The van der Waals surface area contributed by atoms with Gasteiger partial charge in [-0.25, -0.2) is 4.98 Å². The predicted octanol–water partition coefficient (Wildman–Crippen LogP) is 0.567. The summed E-state index contributed by atoms with van der Waals surface area (Å²) < 4.78 is 1.79. The minimum absolute atomic E-state index is 0.0469. The van der Waals surface area contributed by atoms with Crippen LogP contribution in [-0.4, -0.2) is 38.5 Å². The summed E-state index contributed by atoms with van der Waals surface area (Å²) >= 11 is 1.78. The highest BCUT2D eigenvalue weighted by molar-refractivity contribution is 7.99. The topological polar surface area (TPSA) is 38.1 Å². The van der Waals surface area contributed by atoms with E-state index in [1.165, 1.54) is 0 Å². The lowest BCUT2D eigenvalue weighted by Gasteiger charge is -2.11. The Labute approximate surface area is 80.9 Å². The van der Waals surface area contributed by atoms with Crippen LogP contribution in [0.1, 0.15) is 10.5 Å². The van der Waals surface area contributed by atoms with E-state index in [0.717, 1.165) is 18.2 Å². The fraction of sp³-hybridized carbons (Fsp3) is 0.500. The fourth-order valence-corrected chi connectivity index (χ4v) is 2.20. The van der Waals surface area contributed by atoms with Crippen LogP contribution in [0.3, 0.4) is 0 Å². The second kappa shape index (κ2) is 3.41. The maximum absolute atomic E-state index is 11.7. The SMILES string of the molecule is Cn1cnc(C(=O)N2CCSC2)c1. The van der Waals surface area contributed by atoms with Crippen molar-refractivity contribution in [2.24, 2.45) is 7.05 Å². The Morgan fingerprint density at radius 3 is 3.08 bits per heavy atom. The van der Waals surface area contributed by atoms with Crippen molar-refractivity contribution in [1.29, 1.82) is 0 Å². The van der Waals surface area contributed by atoms with Gasteiger partial charge < -0.3 is 9.47 Å². The molecular weight excluding hydrogens is 186 g/mol. The van der Waals surface area contributed by atoms with Gasteiger partial charge in [0.1, 0.15) is 5.69 Å². The number of thioether (sulfide) groups is 1.